The predicted molar refractivity (Wildman–Crippen MR) is 49.2 cm³/mol. The van der Waals surface area contributed by atoms with Crippen molar-refractivity contribution >= 4 is 5.91 Å². The SMILES string of the molecule is CC(CC(F)(F)F)NC(=O)CCCCO. The molecule has 0 fully saturated rings. The van der Waals surface area contributed by atoms with Crippen LogP contribution in [0, 0.1) is 0 Å². The first-order chi connectivity index (χ1) is 6.85. The van der Waals surface area contributed by atoms with Crippen LogP contribution in [0.1, 0.15) is 32.6 Å². The molecule has 3 nitrogen and oxygen atoms in total. The van der Waals surface area contributed by atoms with E-state index >= 15 is 0 Å². The average Bonchev–Trinajstić information content (AvgIpc) is 2.00. The normalized spacial score (nSPS) is 13.7. The lowest BCUT2D eigenvalue weighted by atomic mass is 10.2. The van der Waals surface area contributed by atoms with E-state index in [1.807, 2.05) is 0 Å². The number of amides is 1. The monoisotopic (exact) mass is 227 g/mol. The number of carbonyl (C=O) groups is 1. The second-order valence-corrected chi connectivity index (χ2v) is 3.47. The Balaban J connectivity index is 3.67. The van der Waals surface area contributed by atoms with E-state index in [0.717, 1.165) is 0 Å². The van der Waals surface area contributed by atoms with E-state index in [-0.39, 0.29) is 13.0 Å². The number of hydrogen-bond donors (Lipinski definition) is 2. The van der Waals surface area contributed by atoms with Crippen LogP contribution in [-0.4, -0.2) is 29.8 Å². The standard InChI is InChI=1S/C9H16F3NO2/c1-7(6-9(10,11)12)13-8(15)4-2-3-5-14/h7,14H,2-6H2,1H3,(H,13,15). The van der Waals surface area contributed by atoms with E-state index in [1.54, 1.807) is 0 Å². The zero-order valence-corrected chi connectivity index (χ0v) is 8.60. The van der Waals surface area contributed by atoms with Gasteiger partial charge in [0.05, 0.1) is 6.42 Å². The molecule has 0 spiro atoms. The van der Waals surface area contributed by atoms with Gasteiger partial charge in [0.2, 0.25) is 5.91 Å². The molecule has 0 saturated heterocycles. The van der Waals surface area contributed by atoms with Crippen LogP contribution < -0.4 is 5.32 Å². The van der Waals surface area contributed by atoms with Crippen molar-refractivity contribution in [2.75, 3.05) is 6.61 Å². The van der Waals surface area contributed by atoms with Gasteiger partial charge in [-0.2, -0.15) is 13.2 Å². The van der Waals surface area contributed by atoms with Crippen LogP contribution in [0.4, 0.5) is 13.2 Å². The van der Waals surface area contributed by atoms with Crippen molar-refractivity contribution < 1.29 is 23.1 Å². The number of rotatable bonds is 6. The number of carbonyl (C=O) groups excluding carboxylic acids is 1. The Morgan fingerprint density at radius 1 is 1.40 bits per heavy atom. The molecular weight excluding hydrogens is 211 g/mol. The zero-order valence-electron chi connectivity index (χ0n) is 8.60. The van der Waals surface area contributed by atoms with Crippen molar-refractivity contribution in [3.05, 3.63) is 0 Å². The van der Waals surface area contributed by atoms with Crippen LogP contribution >= 0.6 is 0 Å². The topological polar surface area (TPSA) is 49.3 Å². The van der Waals surface area contributed by atoms with Crippen molar-refractivity contribution in [1.29, 1.82) is 0 Å². The van der Waals surface area contributed by atoms with Crippen LogP contribution in [0.25, 0.3) is 0 Å². The lowest BCUT2D eigenvalue weighted by molar-refractivity contribution is -0.141. The molecule has 6 heteroatoms. The number of aliphatic hydroxyl groups excluding tert-OH is 1. The molecule has 0 radical (unpaired) electrons. The molecule has 0 bridgehead atoms. The van der Waals surface area contributed by atoms with Gasteiger partial charge in [-0.3, -0.25) is 4.79 Å². The Labute approximate surface area is 86.7 Å². The van der Waals surface area contributed by atoms with Gasteiger partial charge in [0.1, 0.15) is 0 Å². The van der Waals surface area contributed by atoms with Gasteiger partial charge in [-0.15, -0.1) is 0 Å². The van der Waals surface area contributed by atoms with Gasteiger partial charge in [-0.1, -0.05) is 0 Å². The summed E-state index contributed by atoms with van der Waals surface area (Å²) in [6.45, 7) is 1.31. The van der Waals surface area contributed by atoms with Gasteiger partial charge in [0, 0.05) is 19.1 Å². The summed E-state index contributed by atoms with van der Waals surface area (Å²) >= 11 is 0. The van der Waals surface area contributed by atoms with E-state index in [1.165, 1.54) is 6.92 Å². The van der Waals surface area contributed by atoms with E-state index in [0.29, 0.717) is 12.8 Å². The molecular formula is C9H16F3NO2. The Hall–Kier alpha value is -0.780. The van der Waals surface area contributed by atoms with Crippen molar-refractivity contribution in [3.63, 3.8) is 0 Å². The van der Waals surface area contributed by atoms with Gasteiger partial charge in [0.15, 0.2) is 0 Å². The molecule has 1 amide bonds. The maximum atomic E-state index is 11.9. The molecule has 1 atom stereocenters. The summed E-state index contributed by atoms with van der Waals surface area (Å²) in [7, 11) is 0. The minimum absolute atomic E-state index is 0.00855. The lowest BCUT2D eigenvalue weighted by Crippen LogP contribution is -2.35. The molecule has 0 aliphatic carbocycles. The third kappa shape index (κ3) is 9.52. The Morgan fingerprint density at radius 3 is 2.47 bits per heavy atom. The molecule has 0 aromatic carbocycles. The third-order valence-electron chi connectivity index (χ3n) is 1.76. The quantitative estimate of drug-likeness (QED) is 0.677. The lowest BCUT2D eigenvalue weighted by Gasteiger charge is -2.15. The summed E-state index contributed by atoms with van der Waals surface area (Å²) in [6, 6.07) is -0.897. The number of unbranched alkanes of at least 4 members (excludes halogenated alkanes) is 1. The van der Waals surface area contributed by atoms with Gasteiger partial charge < -0.3 is 10.4 Å². The summed E-state index contributed by atoms with van der Waals surface area (Å²) in [5.41, 5.74) is 0. The fourth-order valence-corrected chi connectivity index (χ4v) is 1.14. The number of aliphatic hydroxyl groups is 1. The van der Waals surface area contributed by atoms with Gasteiger partial charge in [-0.25, -0.2) is 0 Å². The highest BCUT2D eigenvalue weighted by Crippen LogP contribution is 2.21. The summed E-state index contributed by atoms with van der Waals surface area (Å²) in [5, 5.41) is 10.7. The molecule has 0 aliphatic heterocycles. The Morgan fingerprint density at radius 2 is 2.00 bits per heavy atom. The molecule has 0 aromatic heterocycles. The van der Waals surface area contributed by atoms with Crippen molar-refractivity contribution in [3.8, 4) is 0 Å². The van der Waals surface area contributed by atoms with Crippen LogP contribution in [0.2, 0.25) is 0 Å². The van der Waals surface area contributed by atoms with Crippen LogP contribution in [0.3, 0.4) is 0 Å². The summed E-state index contributed by atoms with van der Waals surface area (Å²) in [4.78, 5) is 11.1. The van der Waals surface area contributed by atoms with Crippen molar-refractivity contribution in [2.24, 2.45) is 0 Å². The summed E-state index contributed by atoms with van der Waals surface area (Å²) < 4.78 is 35.6. The van der Waals surface area contributed by atoms with Gasteiger partial charge in [0.25, 0.3) is 0 Å². The van der Waals surface area contributed by atoms with Crippen LogP contribution in [0.5, 0.6) is 0 Å². The minimum atomic E-state index is -4.25. The van der Waals surface area contributed by atoms with Gasteiger partial charge in [-0.05, 0) is 19.8 Å². The first kappa shape index (κ1) is 14.2. The maximum Gasteiger partial charge on any atom is 0.391 e. The van der Waals surface area contributed by atoms with Gasteiger partial charge >= 0.3 is 6.18 Å². The minimum Gasteiger partial charge on any atom is -0.396 e. The van der Waals surface area contributed by atoms with Crippen molar-refractivity contribution in [2.45, 2.75) is 44.8 Å². The highest BCUT2D eigenvalue weighted by molar-refractivity contribution is 5.76. The van der Waals surface area contributed by atoms with E-state index < -0.39 is 24.5 Å². The van der Waals surface area contributed by atoms with Crippen LogP contribution in [-0.2, 0) is 4.79 Å². The van der Waals surface area contributed by atoms with Crippen molar-refractivity contribution in [1.82, 2.24) is 5.32 Å². The maximum absolute atomic E-state index is 11.9. The third-order valence-corrected chi connectivity index (χ3v) is 1.76. The molecule has 0 heterocycles. The summed E-state index contributed by atoms with van der Waals surface area (Å²) in [5.74, 6) is -0.403. The Kier molecular flexibility index (Phi) is 6.31. The highest BCUT2D eigenvalue weighted by atomic mass is 19.4. The largest absolute Gasteiger partial charge is 0.396 e. The smallest absolute Gasteiger partial charge is 0.391 e. The summed E-state index contributed by atoms with van der Waals surface area (Å²) in [6.07, 6.45) is -4.14. The van der Waals surface area contributed by atoms with E-state index in [4.69, 9.17) is 5.11 Å². The molecule has 0 rings (SSSR count). The number of halogens is 3. The number of nitrogens with one attached hydrogen (secondary N) is 1. The van der Waals surface area contributed by atoms with Crippen LogP contribution in [0.15, 0.2) is 0 Å². The fourth-order valence-electron chi connectivity index (χ4n) is 1.14. The molecule has 0 aliphatic rings. The zero-order chi connectivity index (χ0) is 11.9. The van der Waals surface area contributed by atoms with E-state index in [2.05, 4.69) is 5.32 Å². The molecule has 1 unspecified atom stereocenters. The fraction of sp³-hybridized carbons (Fsp3) is 0.889. The molecule has 90 valence electrons. The molecule has 2 N–H and O–H groups in total. The molecule has 0 aromatic rings. The second kappa shape index (κ2) is 6.66. The second-order valence-electron chi connectivity index (χ2n) is 3.47. The highest BCUT2D eigenvalue weighted by Gasteiger charge is 2.30. The number of alkyl halides is 3. The first-order valence-electron chi connectivity index (χ1n) is 4.82. The Bertz CT molecular complexity index is 194. The molecule has 15 heavy (non-hydrogen) atoms. The number of hydrogen-bond acceptors (Lipinski definition) is 2. The van der Waals surface area contributed by atoms with E-state index in [9.17, 15) is 18.0 Å². The molecule has 0 saturated carbocycles. The predicted octanol–water partition coefficient (Wildman–Crippen LogP) is 1.61. The first-order valence-corrected chi connectivity index (χ1v) is 4.82. The average molecular weight is 227 g/mol.